The van der Waals surface area contributed by atoms with E-state index in [9.17, 15) is 9.90 Å². The number of hydrogen-bond donors (Lipinski definition) is 2. The monoisotopic (exact) mass is 329 g/mol. The van der Waals surface area contributed by atoms with Crippen molar-refractivity contribution in [3.05, 3.63) is 27.7 Å². The van der Waals surface area contributed by atoms with E-state index in [0.717, 1.165) is 6.42 Å². The molecule has 1 aromatic rings. The van der Waals surface area contributed by atoms with Gasteiger partial charge in [-0.25, -0.2) is 0 Å². The van der Waals surface area contributed by atoms with Gasteiger partial charge >= 0.3 is 5.97 Å². The standard InChI is InChI=1S/C16H21Cl2NO2/c17-11-8-13(15(19)14(18)9-11)12(16(20)21)7-6-10-4-2-1-3-5-10/h8-10,12H,1-7,19H2,(H,20,21). The summed E-state index contributed by atoms with van der Waals surface area (Å²) in [4.78, 5) is 11.6. The minimum absolute atomic E-state index is 0.321. The highest BCUT2D eigenvalue weighted by Crippen LogP contribution is 2.37. The maximum atomic E-state index is 11.6. The van der Waals surface area contributed by atoms with Crippen molar-refractivity contribution in [1.29, 1.82) is 0 Å². The molecule has 21 heavy (non-hydrogen) atoms. The molecule has 0 aromatic heterocycles. The van der Waals surface area contributed by atoms with Crippen molar-refractivity contribution in [3.8, 4) is 0 Å². The lowest BCUT2D eigenvalue weighted by molar-refractivity contribution is -0.139. The van der Waals surface area contributed by atoms with Crippen LogP contribution in [0, 0.1) is 5.92 Å². The average Bonchev–Trinajstić information content (AvgIpc) is 2.45. The first kappa shape index (κ1) is 16.4. The van der Waals surface area contributed by atoms with Gasteiger partial charge in [-0.3, -0.25) is 4.79 Å². The Kier molecular flexibility index (Phi) is 5.77. The summed E-state index contributed by atoms with van der Waals surface area (Å²) < 4.78 is 0. The van der Waals surface area contributed by atoms with Crippen molar-refractivity contribution in [2.24, 2.45) is 5.92 Å². The lowest BCUT2D eigenvalue weighted by Crippen LogP contribution is -2.16. The second-order valence-electron chi connectivity index (χ2n) is 5.86. The van der Waals surface area contributed by atoms with Crippen LogP contribution in [0.5, 0.6) is 0 Å². The predicted octanol–water partition coefficient (Wildman–Crippen LogP) is 5.10. The van der Waals surface area contributed by atoms with Gasteiger partial charge in [-0.1, -0.05) is 55.3 Å². The zero-order chi connectivity index (χ0) is 15.4. The van der Waals surface area contributed by atoms with E-state index in [2.05, 4.69) is 0 Å². The van der Waals surface area contributed by atoms with E-state index < -0.39 is 11.9 Å². The number of benzene rings is 1. The van der Waals surface area contributed by atoms with Crippen LogP contribution in [0.15, 0.2) is 12.1 Å². The second-order valence-corrected chi connectivity index (χ2v) is 6.71. The molecule has 1 saturated carbocycles. The van der Waals surface area contributed by atoms with Gasteiger partial charge in [-0.15, -0.1) is 0 Å². The Bertz CT molecular complexity index is 513. The number of carboxylic acids is 1. The molecule has 1 aliphatic rings. The summed E-state index contributed by atoms with van der Waals surface area (Å²) in [6.45, 7) is 0. The predicted molar refractivity (Wildman–Crippen MR) is 87.1 cm³/mol. The average molecular weight is 330 g/mol. The molecule has 116 valence electrons. The van der Waals surface area contributed by atoms with Crippen LogP contribution < -0.4 is 5.73 Å². The third-order valence-electron chi connectivity index (χ3n) is 4.39. The first-order valence-corrected chi connectivity index (χ1v) is 8.22. The number of carbonyl (C=O) groups is 1. The van der Waals surface area contributed by atoms with E-state index in [1.165, 1.54) is 32.1 Å². The Hall–Kier alpha value is -0.930. The molecule has 1 atom stereocenters. The molecular weight excluding hydrogens is 309 g/mol. The van der Waals surface area contributed by atoms with Gasteiger partial charge in [0.2, 0.25) is 0 Å². The number of hydrogen-bond acceptors (Lipinski definition) is 2. The highest BCUT2D eigenvalue weighted by atomic mass is 35.5. The minimum atomic E-state index is -0.865. The molecule has 0 heterocycles. The zero-order valence-electron chi connectivity index (χ0n) is 11.9. The van der Waals surface area contributed by atoms with E-state index in [-0.39, 0.29) is 0 Å². The molecule has 1 fully saturated rings. The Labute approximate surface area is 135 Å². The van der Waals surface area contributed by atoms with Gasteiger partial charge in [0.25, 0.3) is 0 Å². The number of nitrogen functional groups attached to an aromatic ring is 1. The van der Waals surface area contributed by atoms with Crippen LogP contribution >= 0.6 is 23.2 Å². The maximum Gasteiger partial charge on any atom is 0.311 e. The Morgan fingerprint density at radius 2 is 1.95 bits per heavy atom. The van der Waals surface area contributed by atoms with Gasteiger partial charge < -0.3 is 10.8 Å². The van der Waals surface area contributed by atoms with Crippen LogP contribution in [0.25, 0.3) is 0 Å². The summed E-state index contributed by atoms with van der Waals surface area (Å²) >= 11 is 12.0. The summed E-state index contributed by atoms with van der Waals surface area (Å²) in [7, 11) is 0. The summed E-state index contributed by atoms with van der Waals surface area (Å²) in [5.41, 5.74) is 6.81. The molecule has 0 amide bonds. The van der Waals surface area contributed by atoms with Gasteiger partial charge in [-0.2, -0.15) is 0 Å². The molecular formula is C16H21Cl2NO2. The van der Waals surface area contributed by atoms with Crippen molar-refractivity contribution in [2.75, 3.05) is 5.73 Å². The molecule has 2 rings (SSSR count). The Balaban J connectivity index is 2.13. The fourth-order valence-electron chi connectivity index (χ4n) is 3.18. The van der Waals surface area contributed by atoms with Crippen molar-refractivity contribution in [2.45, 2.75) is 50.9 Å². The summed E-state index contributed by atoms with van der Waals surface area (Å²) in [5.74, 6) is -0.865. The Morgan fingerprint density at radius 3 is 2.57 bits per heavy atom. The highest BCUT2D eigenvalue weighted by Gasteiger charge is 2.25. The lowest BCUT2D eigenvalue weighted by Gasteiger charge is -2.23. The maximum absolute atomic E-state index is 11.6. The first-order chi connectivity index (χ1) is 9.99. The summed E-state index contributed by atoms with van der Waals surface area (Å²) in [5, 5.41) is 10.3. The fraction of sp³-hybridized carbons (Fsp3) is 0.562. The molecule has 1 aromatic carbocycles. The van der Waals surface area contributed by atoms with Crippen molar-refractivity contribution in [1.82, 2.24) is 0 Å². The highest BCUT2D eigenvalue weighted by molar-refractivity contribution is 6.36. The molecule has 0 bridgehead atoms. The number of carboxylic acid groups (broad SMARTS) is 1. The third-order valence-corrected chi connectivity index (χ3v) is 4.92. The van der Waals surface area contributed by atoms with Gasteiger partial charge in [-0.05, 0) is 36.5 Å². The molecule has 0 radical (unpaired) electrons. The van der Waals surface area contributed by atoms with Gasteiger partial charge in [0.15, 0.2) is 0 Å². The molecule has 0 spiro atoms. The zero-order valence-corrected chi connectivity index (χ0v) is 13.5. The van der Waals surface area contributed by atoms with Crippen LogP contribution in [-0.4, -0.2) is 11.1 Å². The lowest BCUT2D eigenvalue weighted by atomic mass is 9.82. The number of aliphatic carboxylic acids is 1. The molecule has 5 heteroatoms. The van der Waals surface area contributed by atoms with Crippen molar-refractivity contribution < 1.29 is 9.90 Å². The van der Waals surface area contributed by atoms with E-state index in [1.807, 2.05) is 0 Å². The van der Waals surface area contributed by atoms with Gasteiger partial charge in [0.1, 0.15) is 0 Å². The van der Waals surface area contributed by atoms with Crippen molar-refractivity contribution in [3.63, 3.8) is 0 Å². The number of rotatable bonds is 5. The van der Waals surface area contributed by atoms with Crippen molar-refractivity contribution >= 4 is 34.9 Å². The molecule has 0 saturated heterocycles. The quantitative estimate of drug-likeness (QED) is 0.738. The van der Waals surface area contributed by atoms with E-state index in [1.54, 1.807) is 12.1 Å². The Morgan fingerprint density at radius 1 is 1.29 bits per heavy atom. The molecule has 1 aliphatic carbocycles. The topological polar surface area (TPSA) is 63.3 Å². The summed E-state index contributed by atoms with van der Waals surface area (Å²) in [6.07, 6.45) is 7.73. The van der Waals surface area contributed by atoms with Gasteiger partial charge in [0.05, 0.1) is 16.6 Å². The first-order valence-electron chi connectivity index (χ1n) is 7.46. The van der Waals surface area contributed by atoms with Crippen LogP contribution in [0.3, 0.4) is 0 Å². The van der Waals surface area contributed by atoms with E-state index >= 15 is 0 Å². The molecule has 1 unspecified atom stereocenters. The molecule has 0 aliphatic heterocycles. The fourth-order valence-corrected chi connectivity index (χ4v) is 3.69. The van der Waals surface area contributed by atoms with Gasteiger partial charge in [0, 0.05) is 5.02 Å². The van der Waals surface area contributed by atoms with Crippen LogP contribution in [0.2, 0.25) is 10.0 Å². The minimum Gasteiger partial charge on any atom is -0.481 e. The SMILES string of the molecule is Nc1c(Cl)cc(Cl)cc1C(CCC1CCCCC1)C(=O)O. The smallest absolute Gasteiger partial charge is 0.311 e. The third kappa shape index (κ3) is 4.27. The second kappa shape index (κ2) is 7.37. The number of anilines is 1. The van der Waals surface area contributed by atoms with Crippen LogP contribution in [-0.2, 0) is 4.79 Å². The van der Waals surface area contributed by atoms with E-state index in [0.29, 0.717) is 33.6 Å². The molecule has 3 N–H and O–H groups in total. The van der Waals surface area contributed by atoms with Crippen LogP contribution in [0.1, 0.15) is 56.4 Å². The van der Waals surface area contributed by atoms with Crippen LogP contribution in [0.4, 0.5) is 5.69 Å². The number of halogens is 2. The van der Waals surface area contributed by atoms with E-state index in [4.69, 9.17) is 28.9 Å². The normalized spacial score (nSPS) is 17.6. The largest absolute Gasteiger partial charge is 0.481 e. The molecule has 3 nitrogen and oxygen atoms in total. The summed E-state index contributed by atoms with van der Waals surface area (Å²) in [6, 6.07) is 3.17. The number of nitrogens with two attached hydrogens (primary N) is 1.